The van der Waals surface area contributed by atoms with Gasteiger partial charge in [-0.1, -0.05) is 30.3 Å². The number of amides is 4. The molecular formula is C26H19BrFN3O6. The van der Waals surface area contributed by atoms with E-state index in [1.165, 1.54) is 36.4 Å². The maximum Gasteiger partial charge on any atom is 0.335 e. The molecule has 3 N–H and O–H groups in total. The van der Waals surface area contributed by atoms with Crippen LogP contribution in [0.1, 0.15) is 21.5 Å². The molecule has 1 fully saturated rings. The van der Waals surface area contributed by atoms with E-state index in [2.05, 4.69) is 26.6 Å². The monoisotopic (exact) mass is 567 g/mol. The second-order valence-corrected chi connectivity index (χ2v) is 8.75. The van der Waals surface area contributed by atoms with Crippen LogP contribution in [-0.4, -0.2) is 40.4 Å². The number of para-hydroxylation sites is 1. The summed E-state index contributed by atoms with van der Waals surface area (Å²) in [5.41, 5.74) is 1.31. The molecule has 3 aromatic carbocycles. The normalized spacial score (nSPS) is 14.0. The predicted octanol–water partition coefficient (Wildman–Crippen LogP) is 4.40. The number of nitrogens with one attached hydrogen (secondary N) is 2. The molecule has 0 atom stereocenters. The number of nitrogens with zero attached hydrogens (tertiary/aromatic N) is 1. The van der Waals surface area contributed by atoms with Gasteiger partial charge in [0.25, 0.3) is 5.91 Å². The molecule has 188 valence electrons. The summed E-state index contributed by atoms with van der Waals surface area (Å²) < 4.78 is 20.1. The topological polar surface area (TPSA) is 125 Å². The number of halogens is 2. The van der Waals surface area contributed by atoms with Crippen molar-refractivity contribution in [3.63, 3.8) is 0 Å². The molecule has 0 spiro atoms. The van der Waals surface area contributed by atoms with Gasteiger partial charge in [-0.2, -0.15) is 0 Å². The van der Waals surface area contributed by atoms with Crippen LogP contribution in [0.4, 0.5) is 14.9 Å². The minimum absolute atomic E-state index is 0.0326. The molecule has 11 heteroatoms. The molecule has 0 radical (unpaired) electrons. The van der Waals surface area contributed by atoms with E-state index in [4.69, 9.17) is 9.84 Å². The lowest BCUT2D eigenvalue weighted by molar-refractivity contribution is -0.127. The predicted molar refractivity (Wildman–Crippen MR) is 135 cm³/mol. The second-order valence-electron chi connectivity index (χ2n) is 7.89. The third kappa shape index (κ3) is 6.19. The molecule has 0 aliphatic carbocycles. The molecule has 1 heterocycles. The van der Waals surface area contributed by atoms with Crippen molar-refractivity contribution >= 4 is 51.5 Å². The number of carboxylic acid groups (broad SMARTS) is 1. The van der Waals surface area contributed by atoms with Crippen LogP contribution in [0.2, 0.25) is 0 Å². The molecule has 4 rings (SSSR count). The summed E-state index contributed by atoms with van der Waals surface area (Å²) in [6, 6.07) is 16.1. The number of hydrogen-bond donors (Lipinski definition) is 3. The molecule has 0 unspecified atom stereocenters. The van der Waals surface area contributed by atoms with Crippen LogP contribution in [0.25, 0.3) is 6.08 Å². The maximum atomic E-state index is 13.7. The van der Waals surface area contributed by atoms with E-state index in [0.29, 0.717) is 21.3 Å². The number of carbonyl (C=O) groups is 4. The molecule has 1 aliphatic rings. The largest absolute Gasteiger partial charge is 0.488 e. The number of ether oxygens (including phenoxy) is 1. The first kappa shape index (κ1) is 25.6. The van der Waals surface area contributed by atoms with Crippen molar-refractivity contribution in [1.29, 1.82) is 0 Å². The van der Waals surface area contributed by atoms with Gasteiger partial charge in [0, 0.05) is 0 Å². The van der Waals surface area contributed by atoms with E-state index in [1.807, 2.05) is 0 Å². The Morgan fingerprint density at radius 1 is 1.08 bits per heavy atom. The van der Waals surface area contributed by atoms with Crippen LogP contribution in [-0.2, 0) is 16.2 Å². The number of hydrogen-bond acceptors (Lipinski definition) is 5. The summed E-state index contributed by atoms with van der Waals surface area (Å²) in [6.45, 7) is -0.450. The fraction of sp³-hybridized carbons (Fsp3) is 0.0769. The van der Waals surface area contributed by atoms with Crippen LogP contribution in [0.15, 0.2) is 76.9 Å². The third-order valence-corrected chi connectivity index (χ3v) is 5.87. The first-order valence-electron chi connectivity index (χ1n) is 10.8. The molecule has 1 aliphatic heterocycles. The number of benzene rings is 3. The summed E-state index contributed by atoms with van der Waals surface area (Å²) >= 11 is 3.40. The van der Waals surface area contributed by atoms with Crippen LogP contribution in [0, 0.1) is 5.82 Å². The Morgan fingerprint density at radius 3 is 2.59 bits per heavy atom. The van der Waals surface area contributed by atoms with Crippen LogP contribution >= 0.6 is 15.9 Å². The van der Waals surface area contributed by atoms with E-state index < -0.39 is 36.2 Å². The first-order chi connectivity index (χ1) is 17.7. The van der Waals surface area contributed by atoms with Crippen molar-refractivity contribution in [2.24, 2.45) is 0 Å². The number of urea groups is 1. The second kappa shape index (κ2) is 11.0. The van der Waals surface area contributed by atoms with Gasteiger partial charge in [0.05, 0.1) is 15.7 Å². The highest BCUT2D eigenvalue weighted by molar-refractivity contribution is 9.10. The smallest absolute Gasteiger partial charge is 0.335 e. The summed E-state index contributed by atoms with van der Waals surface area (Å²) in [7, 11) is 0. The number of anilines is 1. The van der Waals surface area contributed by atoms with Gasteiger partial charge in [0.1, 0.15) is 30.4 Å². The van der Waals surface area contributed by atoms with Gasteiger partial charge in [-0.25, -0.2) is 18.9 Å². The van der Waals surface area contributed by atoms with Crippen LogP contribution in [0.3, 0.4) is 0 Å². The lowest BCUT2D eigenvalue weighted by Crippen LogP contribution is -2.38. The Morgan fingerprint density at radius 2 is 1.86 bits per heavy atom. The number of rotatable bonds is 8. The fourth-order valence-electron chi connectivity index (χ4n) is 3.46. The van der Waals surface area contributed by atoms with E-state index >= 15 is 0 Å². The van der Waals surface area contributed by atoms with Crippen molar-refractivity contribution in [3.05, 3.63) is 99.4 Å². The Bertz CT molecular complexity index is 1440. The minimum Gasteiger partial charge on any atom is -0.488 e. The number of imide groups is 1. The number of carboxylic acids is 1. The van der Waals surface area contributed by atoms with Gasteiger partial charge in [-0.05, 0) is 69.5 Å². The van der Waals surface area contributed by atoms with Crippen molar-refractivity contribution in [2.75, 3.05) is 11.9 Å². The van der Waals surface area contributed by atoms with Gasteiger partial charge in [-0.3, -0.25) is 9.59 Å². The summed E-state index contributed by atoms with van der Waals surface area (Å²) in [4.78, 5) is 49.1. The standard InChI is InChI=1S/C26H19BrFN3O6/c27-18-11-15(8-9-22(18)37-14-16-4-3-5-17(10-16)25(34)35)12-21-24(33)31(26(36)30-21)13-23(32)29-20-7-2-1-6-19(20)28/h1-12H,13-14H2,(H,29,32)(H,30,36)(H,34,35)/b21-12+. The molecule has 0 aromatic heterocycles. The third-order valence-electron chi connectivity index (χ3n) is 5.25. The zero-order valence-electron chi connectivity index (χ0n) is 19.0. The van der Waals surface area contributed by atoms with Crippen LogP contribution < -0.4 is 15.4 Å². The SMILES string of the molecule is O=C(CN1C(=O)N/C(=C/c2ccc(OCc3cccc(C(=O)O)c3)c(Br)c2)C1=O)Nc1ccccc1F. The van der Waals surface area contributed by atoms with E-state index in [9.17, 15) is 23.6 Å². The molecule has 0 bridgehead atoms. The van der Waals surface area contributed by atoms with E-state index in [0.717, 1.165) is 4.90 Å². The van der Waals surface area contributed by atoms with Crippen molar-refractivity contribution in [2.45, 2.75) is 6.61 Å². The Labute approximate surface area is 218 Å². The molecule has 9 nitrogen and oxygen atoms in total. The first-order valence-corrected chi connectivity index (χ1v) is 11.6. The van der Waals surface area contributed by atoms with Gasteiger partial charge in [-0.15, -0.1) is 0 Å². The van der Waals surface area contributed by atoms with Gasteiger partial charge < -0.3 is 20.5 Å². The van der Waals surface area contributed by atoms with Crippen molar-refractivity contribution < 1.29 is 33.4 Å². The van der Waals surface area contributed by atoms with Crippen LogP contribution in [0.5, 0.6) is 5.75 Å². The molecule has 4 amide bonds. The highest BCUT2D eigenvalue weighted by Gasteiger charge is 2.35. The van der Waals surface area contributed by atoms with Gasteiger partial charge in [0.2, 0.25) is 5.91 Å². The zero-order chi connectivity index (χ0) is 26.5. The quantitative estimate of drug-likeness (QED) is 0.274. The minimum atomic E-state index is -1.03. The lowest BCUT2D eigenvalue weighted by atomic mass is 10.1. The maximum absolute atomic E-state index is 13.7. The molecule has 1 saturated heterocycles. The molecule has 37 heavy (non-hydrogen) atoms. The number of carbonyl (C=O) groups excluding carboxylic acids is 3. The van der Waals surface area contributed by atoms with Crippen molar-refractivity contribution in [1.82, 2.24) is 10.2 Å². The average molecular weight is 568 g/mol. The molecular weight excluding hydrogens is 549 g/mol. The highest BCUT2D eigenvalue weighted by Crippen LogP contribution is 2.28. The van der Waals surface area contributed by atoms with Gasteiger partial charge in [0.15, 0.2) is 0 Å². The fourth-order valence-corrected chi connectivity index (χ4v) is 3.97. The average Bonchev–Trinajstić information content (AvgIpc) is 3.12. The Hall–Kier alpha value is -4.51. The molecule has 3 aromatic rings. The lowest BCUT2D eigenvalue weighted by Gasteiger charge is -2.12. The Balaban J connectivity index is 1.40. The van der Waals surface area contributed by atoms with Crippen molar-refractivity contribution in [3.8, 4) is 5.75 Å². The summed E-state index contributed by atoms with van der Waals surface area (Å²) in [6.07, 6.45) is 1.44. The summed E-state index contributed by atoms with van der Waals surface area (Å²) in [5.74, 6) is -2.62. The number of aromatic carboxylic acids is 1. The zero-order valence-corrected chi connectivity index (χ0v) is 20.6. The van der Waals surface area contributed by atoms with E-state index in [1.54, 1.807) is 36.4 Å². The highest BCUT2D eigenvalue weighted by atomic mass is 79.9. The van der Waals surface area contributed by atoms with Gasteiger partial charge >= 0.3 is 12.0 Å². The van der Waals surface area contributed by atoms with E-state index in [-0.39, 0.29) is 23.6 Å². The molecule has 0 saturated carbocycles. The Kier molecular flexibility index (Phi) is 7.63. The summed E-state index contributed by atoms with van der Waals surface area (Å²) in [5, 5.41) is 13.9.